The predicted molar refractivity (Wildman–Crippen MR) is 68.3 cm³/mol. The van der Waals surface area contributed by atoms with Gasteiger partial charge in [-0.05, 0) is 17.7 Å². The van der Waals surface area contributed by atoms with Gasteiger partial charge in [0.15, 0.2) is 6.61 Å². The lowest BCUT2D eigenvalue weighted by atomic mass is 10.2. The summed E-state index contributed by atoms with van der Waals surface area (Å²) >= 11 is 1.32. The highest BCUT2D eigenvalue weighted by Gasteiger charge is 2.28. The van der Waals surface area contributed by atoms with E-state index in [-0.39, 0.29) is 11.7 Å². The van der Waals surface area contributed by atoms with Crippen LogP contribution in [0.5, 0.6) is 5.75 Å². The Morgan fingerprint density at radius 3 is 2.80 bits per heavy atom. The Morgan fingerprint density at radius 1 is 1.35 bits per heavy atom. The van der Waals surface area contributed by atoms with Crippen molar-refractivity contribution in [1.29, 1.82) is 0 Å². The topological polar surface area (TPSA) is 76.8 Å². The minimum Gasteiger partial charge on any atom is -0.484 e. The van der Waals surface area contributed by atoms with Crippen LogP contribution in [0.4, 0.5) is 19.1 Å². The molecule has 0 saturated heterocycles. The van der Waals surface area contributed by atoms with Crippen LogP contribution in [0.15, 0.2) is 29.4 Å². The van der Waals surface area contributed by atoms with E-state index in [0.717, 1.165) is 5.56 Å². The van der Waals surface area contributed by atoms with Crippen LogP contribution in [-0.2, 0) is 5.75 Å². The lowest BCUT2D eigenvalue weighted by Crippen LogP contribution is -2.19. The lowest BCUT2D eigenvalue weighted by molar-refractivity contribution is -0.153. The number of alkyl halides is 3. The number of nitrogen functional groups attached to an aromatic ring is 1. The fraction of sp³-hybridized carbons (Fsp3) is 0.273. The van der Waals surface area contributed by atoms with Gasteiger partial charge in [0, 0.05) is 5.75 Å². The Kier molecular flexibility index (Phi) is 4.38. The van der Waals surface area contributed by atoms with E-state index in [9.17, 15) is 13.2 Å². The standard InChI is InChI=1S/C11H11F3N4OS/c12-11(13,14)6-19-8-3-1-2-7(4-8)5-20-10-16-9(15)17-18-10/h1-4H,5-6H2,(H3,15,16,17,18). The van der Waals surface area contributed by atoms with Crippen LogP contribution in [0.1, 0.15) is 5.56 Å². The number of rotatable bonds is 5. The highest BCUT2D eigenvalue weighted by atomic mass is 32.2. The molecule has 2 rings (SSSR count). The first-order valence-corrected chi connectivity index (χ1v) is 6.50. The summed E-state index contributed by atoms with van der Waals surface area (Å²) in [6, 6.07) is 6.44. The largest absolute Gasteiger partial charge is 0.484 e. The van der Waals surface area contributed by atoms with E-state index in [1.165, 1.54) is 17.8 Å². The van der Waals surface area contributed by atoms with Crippen LogP contribution in [0.2, 0.25) is 0 Å². The summed E-state index contributed by atoms with van der Waals surface area (Å²) in [4.78, 5) is 3.91. The predicted octanol–water partition coefficient (Wildman–Crippen LogP) is 2.62. The number of nitrogens with one attached hydrogen (secondary N) is 1. The second kappa shape index (κ2) is 6.04. The summed E-state index contributed by atoms with van der Waals surface area (Å²) in [6.45, 7) is -1.30. The van der Waals surface area contributed by atoms with Gasteiger partial charge in [-0.25, -0.2) is 5.10 Å². The first-order chi connectivity index (χ1) is 9.42. The Morgan fingerprint density at radius 2 is 2.15 bits per heavy atom. The maximum atomic E-state index is 12.1. The zero-order valence-electron chi connectivity index (χ0n) is 10.1. The van der Waals surface area contributed by atoms with Crippen molar-refractivity contribution >= 4 is 17.7 Å². The number of nitrogens with zero attached hydrogens (tertiary/aromatic N) is 2. The van der Waals surface area contributed by atoms with Gasteiger partial charge >= 0.3 is 6.18 Å². The molecule has 0 aliphatic heterocycles. The highest BCUT2D eigenvalue weighted by molar-refractivity contribution is 7.98. The summed E-state index contributed by atoms with van der Waals surface area (Å²) in [5.74, 6) is 0.894. The second-order valence-corrected chi connectivity index (χ2v) is 4.79. The third-order valence-electron chi connectivity index (χ3n) is 2.15. The molecular weight excluding hydrogens is 293 g/mol. The van der Waals surface area contributed by atoms with Crippen molar-refractivity contribution in [2.45, 2.75) is 17.1 Å². The molecule has 20 heavy (non-hydrogen) atoms. The number of benzene rings is 1. The molecule has 0 saturated carbocycles. The van der Waals surface area contributed by atoms with Gasteiger partial charge in [0.05, 0.1) is 0 Å². The van der Waals surface area contributed by atoms with Crippen molar-refractivity contribution in [3.8, 4) is 5.75 Å². The van der Waals surface area contributed by atoms with Crippen molar-refractivity contribution in [1.82, 2.24) is 15.2 Å². The minimum absolute atomic E-state index is 0.176. The number of thioether (sulfide) groups is 1. The van der Waals surface area contributed by atoms with Gasteiger partial charge in [0.1, 0.15) is 5.75 Å². The SMILES string of the molecule is Nc1nc(SCc2cccc(OCC(F)(F)F)c2)n[nH]1. The second-order valence-electron chi connectivity index (χ2n) is 3.84. The average Bonchev–Trinajstić information content (AvgIpc) is 2.80. The first-order valence-electron chi connectivity index (χ1n) is 5.51. The van der Waals surface area contributed by atoms with Crippen LogP contribution >= 0.6 is 11.8 Å². The van der Waals surface area contributed by atoms with Crippen LogP contribution in [-0.4, -0.2) is 28.0 Å². The summed E-state index contributed by atoms with van der Waals surface area (Å²) in [5, 5.41) is 6.82. The molecule has 108 valence electrons. The van der Waals surface area contributed by atoms with E-state index in [1.54, 1.807) is 18.2 Å². The molecule has 5 nitrogen and oxygen atoms in total. The highest BCUT2D eigenvalue weighted by Crippen LogP contribution is 2.23. The Labute approximate surface area is 116 Å². The van der Waals surface area contributed by atoms with Crippen LogP contribution < -0.4 is 10.5 Å². The van der Waals surface area contributed by atoms with Crippen LogP contribution in [0.25, 0.3) is 0 Å². The van der Waals surface area contributed by atoms with E-state index < -0.39 is 12.8 Å². The maximum Gasteiger partial charge on any atom is 0.422 e. The molecule has 0 atom stereocenters. The van der Waals surface area contributed by atoms with E-state index >= 15 is 0 Å². The van der Waals surface area contributed by atoms with Crippen molar-refractivity contribution in [3.05, 3.63) is 29.8 Å². The van der Waals surface area contributed by atoms with Crippen molar-refractivity contribution in [3.63, 3.8) is 0 Å². The summed E-state index contributed by atoms with van der Waals surface area (Å²) in [6.07, 6.45) is -4.35. The summed E-state index contributed by atoms with van der Waals surface area (Å²) in [7, 11) is 0. The zero-order valence-corrected chi connectivity index (χ0v) is 11.0. The van der Waals surface area contributed by atoms with Gasteiger partial charge in [-0.15, -0.1) is 5.10 Å². The molecule has 0 aliphatic rings. The van der Waals surface area contributed by atoms with Crippen molar-refractivity contribution < 1.29 is 17.9 Å². The minimum atomic E-state index is -4.35. The van der Waals surface area contributed by atoms with Crippen molar-refractivity contribution in [2.75, 3.05) is 12.3 Å². The Bertz CT molecular complexity index is 573. The summed E-state index contributed by atoms with van der Waals surface area (Å²) < 4.78 is 40.8. The molecule has 0 amide bonds. The number of aromatic nitrogens is 3. The number of ether oxygens (including phenoxy) is 1. The lowest BCUT2D eigenvalue weighted by Gasteiger charge is -2.09. The maximum absolute atomic E-state index is 12.1. The third-order valence-corrected chi connectivity index (χ3v) is 3.07. The fourth-order valence-electron chi connectivity index (χ4n) is 1.36. The average molecular weight is 304 g/mol. The van der Waals surface area contributed by atoms with Crippen molar-refractivity contribution in [2.24, 2.45) is 0 Å². The molecule has 9 heteroatoms. The number of halogens is 3. The number of hydrogen-bond acceptors (Lipinski definition) is 5. The van der Waals surface area contributed by atoms with Gasteiger partial charge in [0.25, 0.3) is 0 Å². The van der Waals surface area contributed by atoms with Crippen LogP contribution in [0, 0.1) is 0 Å². The molecule has 3 N–H and O–H groups in total. The molecule has 2 aromatic rings. The van der Waals surface area contributed by atoms with E-state index in [2.05, 4.69) is 19.9 Å². The Balaban J connectivity index is 1.92. The quantitative estimate of drug-likeness (QED) is 0.830. The monoisotopic (exact) mass is 304 g/mol. The van der Waals surface area contributed by atoms with Gasteiger partial charge < -0.3 is 10.5 Å². The van der Waals surface area contributed by atoms with Gasteiger partial charge in [0.2, 0.25) is 11.1 Å². The molecule has 0 spiro atoms. The number of hydrogen-bond donors (Lipinski definition) is 2. The number of anilines is 1. The molecule has 1 aromatic heterocycles. The number of nitrogens with two attached hydrogens (primary N) is 1. The molecule has 0 radical (unpaired) electrons. The fourth-order valence-corrected chi connectivity index (χ4v) is 2.11. The Hall–Kier alpha value is -1.90. The molecule has 1 heterocycles. The third kappa shape index (κ3) is 4.65. The summed E-state index contributed by atoms with van der Waals surface area (Å²) in [5.41, 5.74) is 6.19. The van der Waals surface area contributed by atoms with Gasteiger partial charge in [-0.3, -0.25) is 0 Å². The molecule has 0 fully saturated rings. The molecular formula is C11H11F3N4OS. The van der Waals surface area contributed by atoms with E-state index in [4.69, 9.17) is 5.73 Å². The van der Waals surface area contributed by atoms with Gasteiger partial charge in [-0.1, -0.05) is 23.9 Å². The van der Waals surface area contributed by atoms with E-state index in [0.29, 0.717) is 10.9 Å². The molecule has 0 unspecified atom stereocenters. The molecule has 1 aromatic carbocycles. The number of aromatic amines is 1. The normalized spacial score (nSPS) is 11.6. The smallest absolute Gasteiger partial charge is 0.422 e. The van der Waals surface area contributed by atoms with E-state index in [1.807, 2.05) is 0 Å². The molecule has 0 aliphatic carbocycles. The van der Waals surface area contributed by atoms with Crippen LogP contribution in [0.3, 0.4) is 0 Å². The van der Waals surface area contributed by atoms with Gasteiger partial charge in [-0.2, -0.15) is 18.2 Å². The zero-order chi connectivity index (χ0) is 14.6. The number of H-pyrrole nitrogens is 1. The molecule has 0 bridgehead atoms. The first kappa shape index (κ1) is 14.5.